The standard InChI is InChI=1S/C38H63O13P/c1-3-5-7-9-11-13-15-16-17-19-21-23-25-27-32(40)50-30(28-48-31(39)26-24-22-20-18-14-12-10-8-6-4-2)29-49-52(46,47)51-38-36(44)34(42)33(41)35(43)37(38)45/h5,7,9-13,15-17,30,33-38,41-45H,3-4,6,8,14,18-29H2,1-2H3,(H,46,47)/b7-5+,11-9+,12-10+,15-13+,17-16+/t30?,33?,34-,35?,36?,37?,38?/m1/s1. The lowest BCUT2D eigenvalue weighted by atomic mass is 9.85. The summed E-state index contributed by atoms with van der Waals surface area (Å²) in [7, 11) is -5.12. The van der Waals surface area contributed by atoms with Gasteiger partial charge in [0, 0.05) is 12.8 Å². The first-order valence-electron chi connectivity index (χ1n) is 18.6. The van der Waals surface area contributed by atoms with Crippen molar-refractivity contribution in [2.45, 2.75) is 153 Å². The number of phosphoric acid groups is 1. The van der Waals surface area contributed by atoms with Crippen LogP contribution in [-0.2, 0) is 32.7 Å². The minimum atomic E-state index is -5.12. The van der Waals surface area contributed by atoms with Crippen molar-refractivity contribution < 1.29 is 63.1 Å². The first-order chi connectivity index (χ1) is 24.9. The van der Waals surface area contributed by atoms with E-state index in [0.29, 0.717) is 12.8 Å². The summed E-state index contributed by atoms with van der Waals surface area (Å²) in [5.41, 5.74) is 0. The predicted octanol–water partition coefficient (Wildman–Crippen LogP) is 5.43. The van der Waals surface area contributed by atoms with Crippen molar-refractivity contribution in [3.63, 3.8) is 0 Å². The van der Waals surface area contributed by atoms with Crippen molar-refractivity contribution in [2.24, 2.45) is 0 Å². The molecule has 1 fully saturated rings. The Kier molecular flexibility index (Phi) is 26.5. The number of hydrogen-bond donors (Lipinski definition) is 6. The van der Waals surface area contributed by atoms with Crippen molar-refractivity contribution in [1.82, 2.24) is 0 Å². The maximum atomic E-state index is 12.7. The monoisotopic (exact) mass is 758 g/mol. The molecule has 0 spiro atoms. The van der Waals surface area contributed by atoms with Gasteiger partial charge in [0.05, 0.1) is 6.61 Å². The first-order valence-corrected chi connectivity index (χ1v) is 20.1. The zero-order valence-electron chi connectivity index (χ0n) is 30.8. The van der Waals surface area contributed by atoms with E-state index in [2.05, 4.69) is 32.1 Å². The van der Waals surface area contributed by atoms with Crippen LogP contribution in [0.1, 0.15) is 110 Å². The Morgan fingerprint density at radius 1 is 0.615 bits per heavy atom. The highest BCUT2D eigenvalue weighted by Gasteiger charge is 2.51. The molecule has 0 aromatic rings. The van der Waals surface area contributed by atoms with Crippen molar-refractivity contribution >= 4 is 19.8 Å². The third kappa shape index (κ3) is 21.9. The summed E-state index contributed by atoms with van der Waals surface area (Å²) < 4.78 is 33.2. The van der Waals surface area contributed by atoms with Gasteiger partial charge in [-0.05, 0) is 51.4 Å². The Morgan fingerprint density at radius 2 is 1.12 bits per heavy atom. The SMILES string of the molecule is CC/C=C/C=C/C=C/C=C/CCCCCC(=O)OC(COC(=O)CCCCCC/C=C/CCCC)COP(=O)(O)OC1C(O)C(O)C(O)[C@@H](O)C1O. The Labute approximate surface area is 309 Å². The van der Waals surface area contributed by atoms with Gasteiger partial charge in [-0.15, -0.1) is 0 Å². The lowest BCUT2D eigenvalue weighted by molar-refractivity contribution is -0.220. The predicted molar refractivity (Wildman–Crippen MR) is 198 cm³/mol. The molecule has 14 heteroatoms. The molecule has 6 N–H and O–H groups in total. The van der Waals surface area contributed by atoms with Gasteiger partial charge in [-0.1, -0.05) is 107 Å². The van der Waals surface area contributed by atoms with Crippen LogP contribution >= 0.6 is 7.82 Å². The molecule has 0 radical (unpaired) electrons. The molecule has 8 atom stereocenters. The molecule has 0 aromatic carbocycles. The fraction of sp³-hybridized carbons (Fsp3) is 0.684. The van der Waals surface area contributed by atoms with Crippen LogP contribution in [0.25, 0.3) is 0 Å². The summed E-state index contributed by atoms with van der Waals surface area (Å²) in [4.78, 5) is 35.3. The van der Waals surface area contributed by atoms with E-state index in [1.165, 1.54) is 12.8 Å². The second-order valence-corrected chi connectivity index (χ2v) is 14.2. The van der Waals surface area contributed by atoms with Crippen molar-refractivity contribution in [2.75, 3.05) is 13.2 Å². The number of carbonyl (C=O) groups excluding carboxylic acids is 2. The smallest absolute Gasteiger partial charge is 0.462 e. The zero-order valence-corrected chi connectivity index (χ0v) is 31.7. The van der Waals surface area contributed by atoms with E-state index >= 15 is 0 Å². The highest BCUT2D eigenvalue weighted by molar-refractivity contribution is 7.47. The largest absolute Gasteiger partial charge is 0.472 e. The number of esters is 2. The second kappa shape index (κ2) is 29.0. The lowest BCUT2D eigenvalue weighted by Crippen LogP contribution is -2.64. The van der Waals surface area contributed by atoms with Gasteiger partial charge in [0.2, 0.25) is 0 Å². The van der Waals surface area contributed by atoms with E-state index < -0.39 is 75.7 Å². The molecule has 1 aliphatic rings. The summed E-state index contributed by atoms with van der Waals surface area (Å²) in [5.74, 6) is -1.17. The minimum Gasteiger partial charge on any atom is -0.462 e. The molecular formula is C38H63O13P. The quantitative estimate of drug-likeness (QED) is 0.0194. The van der Waals surface area contributed by atoms with Crippen LogP contribution < -0.4 is 0 Å². The summed E-state index contributed by atoms with van der Waals surface area (Å²) in [6.07, 6.45) is 18.9. The maximum Gasteiger partial charge on any atom is 0.472 e. The van der Waals surface area contributed by atoms with Crippen molar-refractivity contribution in [3.05, 3.63) is 60.8 Å². The molecule has 1 saturated carbocycles. The normalized spacial score (nSPS) is 24.4. The molecular weight excluding hydrogens is 695 g/mol. The molecule has 0 heterocycles. The van der Waals surface area contributed by atoms with Gasteiger partial charge >= 0.3 is 19.8 Å². The molecule has 0 aliphatic heterocycles. The number of carbonyl (C=O) groups is 2. The van der Waals surface area contributed by atoms with Gasteiger partial charge in [-0.25, -0.2) is 4.57 Å². The van der Waals surface area contributed by atoms with Gasteiger partial charge in [-0.3, -0.25) is 18.6 Å². The zero-order chi connectivity index (χ0) is 38.6. The molecule has 13 nitrogen and oxygen atoms in total. The summed E-state index contributed by atoms with van der Waals surface area (Å²) in [6.45, 7) is 3.01. The second-order valence-electron chi connectivity index (χ2n) is 12.8. The molecule has 0 saturated heterocycles. The number of allylic oxidation sites excluding steroid dienone is 10. The van der Waals surface area contributed by atoms with Gasteiger partial charge in [0.15, 0.2) is 6.10 Å². The van der Waals surface area contributed by atoms with E-state index in [1.807, 2.05) is 42.5 Å². The van der Waals surface area contributed by atoms with E-state index in [9.17, 15) is 44.6 Å². The molecule has 7 unspecified atom stereocenters. The fourth-order valence-electron chi connectivity index (χ4n) is 5.10. The van der Waals surface area contributed by atoms with E-state index in [-0.39, 0.29) is 12.8 Å². The van der Waals surface area contributed by atoms with Crippen LogP contribution in [-0.4, -0.2) is 98.3 Å². The van der Waals surface area contributed by atoms with Crippen molar-refractivity contribution in [1.29, 1.82) is 0 Å². The van der Waals surface area contributed by atoms with Crippen LogP contribution in [0.4, 0.5) is 0 Å². The number of rotatable bonds is 28. The highest BCUT2D eigenvalue weighted by atomic mass is 31.2. The third-order valence-corrected chi connectivity index (χ3v) is 9.17. The number of unbranched alkanes of at least 4 members (excludes halogenated alkanes) is 9. The minimum absolute atomic E-state index is 0.0454. The number of aliphatic hydroxyl groups is 5. The Balaban J connectivity index is 2.62. The summed E-state index contributed by atoms with van der Waals surface area (Å²) >= 11 is 0. The number of aliphatic hydroxyl groups excluding tert-OH is 5. The molecule has 298 valence electrons. The lowest BCUT2D eigenvalue weighted by Gasteiger charge is -2.41. The number of ether oxygens (including phenoxy) is 2. The molecule has 0 amide bonds. The fourth-order valence-corrected chi connectivity index (χ4v) is 6.07. The summed E-state index contributed by atoms with van der Waals surface area (Å²) in [5, 5.41) is 49.9. The topological polar surface area (TPSA) is 210 Å². The molecule has 52 heavy (non-hydrogen) atoms. The van der Waals surface area contributed by atoms with E-state index in [4.69, 9.17) is 18.5 Å². The van der Waals surface area contributed by atoms with E-state index in [1.54, 1.807) is 0 Å². The third-order valence-electron chi connectivity index (χ3n) is 8.19. The van der Waals surface area contributed by atoms with Crippen LogP contribution in [0.3, 0.4) is 0 Å². The van der Waals surface area contributed by atoms with Crippen molar-refractivity contribution in [3.8, 4) is 0 Å². The van der Waals surface area contributed by atoms with Crippen LogP contribution in [0.2, 0.25) is 0 Å². The maximum absolute atomic E-state index is 12.7. The average molecular weight is 759 g/mol. The Hall–Kier alpha value is -2.45. The molecule has 0 bridgehead atoms. The van der Waals surface area contributed by atoms with Gasteiger partial charge in [-0.2, -0.15) is 0 Å². The number of phosphoric ester groups is 1. The van der Waals surface area contributed by atoms with Gasteiger partial charge < -0.3 is 39.9 Å². The van der Waals surface area contributed by atoms with Gasteiger partial charge in [0.25, 0.3) is 0 Å². The van der Waals surface area contributed by atoms with Crippen LogP contribution in [0.5, 0.6) is 0 Å². The van der Waals surface area contributed by atoms with Gasteiger partial charge in [0.1, 0.15) is 43.2 Å². The first kappa shape index (κ1) is 47.6. The van der Waals surface area contributed by atoms with Crippen LogP contribution in [0.15, 0.2) is 60.8 Å². The Bertz CT molecular complexity index is 1150. The molecule has 1 rings (SSSR count). The Morgan fingerprint density at radius 3 is 1.73 bits per heavy atom. The van der Waals surface area contributed by atoms with Crippen LogP contribution in [0, 0.1) is 0 Å². The summed E-state index contributed by atoms with van der Waals surface area (Å²) in [6, 6.07) is 0. The highest BCUT2D eigenvalue weighted by Crippen LogP contribution is 2.47. The average Bonchev–Trinajstić information content (AvgIpc) is 3.12. The molecule has 0 aromatic heterocycles. The van der Waals surface area contributed by atoms with E-state index in [0.717, 1.165) is 57.8 Å². The molecule has 1 aliphatic carbocycles. The number of hydrogen-bond acceptors (Lipinski definition) is 12.